The molecule has 15 heavy (non-hydrogen) atoms. The Hall–Kier alpha value is -1.89. The monoisotopic (exact) mass is 204 g/mol. The number of carbonyl (C=O) groups is 1. The average molecular weight is 204 g/mol. The van der Waals surface area contributed by atoms with Crippen LogP contribution in [0, 0.1) is 17.1 Å². The summed E-state index contributed by atoms with van der Waals surface area (Å²) in [5.74, 6) is -0.999. The first-order chi connectivity index (χ1) is 7.13. The Morgan fingerprint density at radius 1 is 1.60 bits per heavy atom. The summed E-state index contributed by atoms with van der Waals surface area (Å²) >= 11 is 0. The number of nitriles is 1. The molecule has 4 heteroatoms. The van der Waals surface area contributed by atoms with Gasteiger partial charge in [-0.15, -0.1) is 0 Å². The molecule has 0 aliphatic carbocycles. The highest BCUT2D eigenvalue weighted by molar-refractivity contribution is 6.02. The standard InChI is InChI=1S/C11H9FN2O/c1-6-8-4-7(2-3-13)5-9(12)10(8)14-11(6)15/h4-6H,2H2,1H3,(H,14,15). The van der Waals surface area contributed by atoms with Crippen LogP contribution in [0.1, 0.15) is 24.0 Å². The molecule has 1 N–H and O–H groups in total. The van der Waals surface area contributed by atoms with E-state index in [0.29, 0.717) is 11.1 Å². The predicted octanol–water partition coefficient (Wildman–Crippen LogP) is 1.95. The summed E-state index contributed by atoms with van der Waals surface area (Å²) in [4.78, 5) is 11.3. The minimum Gasteiger partial charge on any atom is -0.323 e. The third-order valence-corrected chi connectivity index (χ3v) is 2.57. The van der Waals surface area contributed by atoms with E-state index in [2.05, 4.69) is 5.32 Å². The van der Waals surface area contributed by atoms with Crippen LogP contribution in [0.4, 0.5) is 10.1 Å². The van der Waals surface area contributed by atoms with Gasteiger partial charge in [0.2, 0.25) is 5.91 Å². The first kappa shape index (κ1) is 9.66. The lowest BCUT2D eigenvalue weighted by Gasteiger charge is -2.04. The number of nitrogens with one attached hydrogen (secondary N) is 1. The molecule has 0 saturated carbocycles. The second-order valence-electron chi connectivity index (χ2n) is 3.59. The summed E-state index contributed by atoms with van der Waals surface area (Å²) in [6.07, 6.45) is 0.158. The molecule has 1 heterocycles. The highest BCUT2D eigenvalue weighted by atomic mass is 19.1. The summed E-state index contributed by atoms with van der Waals surface area (Å²) < 4.78 is 13.5. The summed E-state index contributed by atoms with van der Waals surface area (Å²) in [6, 6.07) is 4.96. The molecule has 1 unspecified atom stereocenters. The number of rotatable bonds is 1. The normalized spacial score (nSPS) is 18.2. The Kier molecular flexibility index (Phi) is 2.16. The molecule has 1 atom stereocenters. The summed E-state index contributed by atoms with van der Waals surface area (Å²) in [5.41, 5.74) is 1.51. The van der Waals surface area contributed by atoms with Gasteiger partial charge in [0.15, 0.2) is 0 Å². The van der Waals surface area contributed by atoms with Crippen LogP contribution in [-0.4, -0.2) is 5.91 Å². The van der Waals surface area contributed by atoms with Crippen molar-refractivity contribution in [2.75, 3.05) is 5.32 Å². The average Bonchev–Trinajstić information content (AvgIpc) is 2.46. The molecule has 0 aromatic heterocycles. The van der Waals surface area contributed by atoms with Gasteiger partial charge in [-0.1, -0.05) is 6.07 Å². The molecular weight excluding hydrogens is 195 g/mol. The zero-order chi connectivity index (χ0) is 11.0. The summed E-state index contributed by atoms with van der Waals surface area (Å²) in [6.45, 7) is 1.72. The van der Waals surface area contributed by atoms with Crippen molar-refractivity contribution in [1.82, 2.24) is 0 Å². The van der Waals surface area contributed by atoms with Crippen molar-refractivity contribution in [3.8, 4) is 6.07 Å². The van der Waals surface area contributed by atoms with Gasteiger partial charge in [-0.2, -0.15) is 5.26 Å². The van der Waals surface area contributed by atoms with E-state index in [1.165, 1.54) is 6.07 Å². The van der Waals surface area contributed by atoms with Gasteiger partial charge in [0.05, 0.1) is 24.1 Å². The number of anilines is 1. The maximum absolute atomic E-state index is 13.5. The number of hydrogen-bond donors (Lipinski definition) is 1. The smallest absolute Gasteiger partial charge is 0.231 e. The number of halogens is 1. The molecule has 0 saturated heterocycles. The lowest BCUT2D eigenvalue weighted by molar-refractivity contribution is -0.116. The van der Waals surface area contributed by atoms with E-state index >= 15 is 0 Å². The van der Waals surface area contributed by atoms with E-state index in [1.807, 2.05) is 6.07 Å². The molecule has 3 nitrogen and oxygen atoms in total. The van der Waals surface area contributed by atoms with E-state index in [4.69, 9.17) is 5.26 Å². The molecule has 0 radical (unpaired) electrons. The number of amides is 1. The first-order valence-electron chi connectivity index (χ1n) is 4.63. The van der Waals surface area contributed by atoms with E-state index in [9.17, 15) is 9.18 Å². The Balaban J connectivity index is 2.53. The van der Waals surface area contributed by atoms with Crippen LogP contribution in [0.5, 0.6) is 0 Å². The zero-order valence-corrected chi connectivity index (χ0v) is 8.17. The Bertz CT molecular complexity index is 476. The molecule has 76 valence electrons. The molecule has 1 aromatic rings. The van der Waals surface area contributed by atoms with Gasteiger partial charge >= 0.3 is 0 Å². The van der Waals surface area contributed by atoms with Crippen molar-refractivity contribution >= 4 is 11.6 Å². The minimum atomic E-state index is -0.463. The maximum atomic E-state index is 13.5. The van der Waals surface area contributed by atoms with Crippen LogP contribution >= 0.6 is 0 Å². The van der Waals surface area contributed by atoms with Crippen LogP contribution in [-0.2, 0) is 11.2 Å². The van der Waals surface area contributed by atoms with Crippen molar-refractivity contribution in [3.63, 3.8) is 0 Å². The van der Waals surface area contributed by atoms with Gasteiger partial charge in [-0.05, 0) is 24.1 Å². The van der Waals surface area contributed by atoms with Crippen LogP contribution < -0.4 is 5.32 Å². The fourth-order valence-electron chi connectivity index (χ4n) is 1.73. The molecule has 0 fully saturated rings. The van der Waals surface area contributed by atoms with Crippen molar-refractivity contribution in [2.45, 2.75) is 19.3 Å². The molecule has 1 aliphatic rings. The highest BCUT2D eigenvalue weighted by Gasteiger charge is 2.29. The number of fused-ring (bicyclic) bond motifs is 1. The number of benzene rings is 1. The fraction of sp³-hybridized carbons (Fsp3) is 0.273. The third-order valence-electron chi connectivity index (χ3n) is 2.57. The second-order valence-corrected chi connectivity index (χ2v) is 3.59. The maximum Gasteiger partial charge on any atom is 0.231 e. The van der Waals surface area contributed by atoms with Crippen LogP contribution in [0.2, 0.25) is 0 Å². The van der Waals surface area contributed by atoms with Gasteiger partial charge in [-0.25, -0.2) is 4.39 Å². The second kappa shape index (κ2) is 3.35. The first-order valence-corrected chi connectivity index (χ1v) is 4.63. The number of carbonyl (C=O) groups excluding carboxylic acids is 1. The van der Waals surface area contributed by atoms with Crippen LogP contribution in [0.3, 0.4) is 0 Å². The molecular formula is C11H9FN2O. The largest absolute Gasteiger partial charge is 0.323 e. The van der Waals surface area contributed by atoms with E-state index in [1.54, 1.807) is 13.0 Å². The zero-order valence-electron chi connectivity index (χ0n) is 8.17. The lowest BCUT2D eigenvalue weighted by Crippen LogP contribution is -2.08. The Labute approximate surface area is 86.5 Å². The van der Waals surface area contributed by atoms with E-state index in [0.717, 1.165) is 0 Å². The van der Waals surface area contributed by atoms with Gasteiger partial charge in [0.1, 0.15) is 5.82 Å². The number of nitrogens with zero attached hydrogens (tertiary/aromatic N) is 1. The molecule has 2 rings (SSSR count). The summed E-state index contributed by atoms with van der Waals surface area (Å²) in [5, 5.41) is 11.0. The van der Waals surface area contributed by atoms with E-state index < -0.39 is 5.82 Å². The van der Waals surface area contributed by atoms with Gasteiger partial charge in [-0.3, -0.25) is 4.79 Å². The van der Waals surface area contributed by atoms with Crippen LogP contribution in [0.25, 0.3) is 0 Å². The van der Waals surface area contributed by atoms with Crippen molar-refractivity contribution in [1.29, 1.82) is 5.26 Å². The Morgan fingerprint density at radius 3 is 3.00 bits per heavy atom. The summed E-state index contributed by atoms with van der Waals surface area (Å²) in [7, 11) is 0. The molecule has 1 aliphatic heterocycles. The predicted molar refractivity (Wildman–Crippen MR) is 52.8 cm³/mol. The number of hydrogen-bond acceptors (Lipinski definition) is 2. The van der Waals surface area contributed by atoms with Crippen LogP contribution in [0.15, 0.2) is 12.1 Å². The minimum absolute atomic E-state index is 0.158. The van der Waals surface area contributed by atoms with E-state index in [-0.39, 0.29) is 23.9 Å². The fourth-order valence-corrected chi connectivity index (χ4v) is 1.73. The van der Waals surface area contributed by atoms with Gasteiger partial charge in [0, 0.05) is 0 Å². The molecule has 0 spiro atoms. The Morgan fingerprint density at radius 2 is 2.33 bits per heavy atom. The highest BCUT2D eigenvalue weighted by Crippen LogP contribution is 2.35. The van der Waals surface area contributed by atoms with Crippen molar-refractivity contribution in [3.05, 3.63) is 29.1 Å². The van der Waals surface area contributed by atoms with Crippen molar-refractivity contribution < 1.29 is 9.18 Å². The van der Waals surface area contributed by atoms with Crippen molar-refractivity contribution in [2.24, 2.45) is 0 Å². The molecule has 1 amide bonds. The quantitative estimate of drug-likeness (QED) is 0.760. The molecule has 0 bridgehead atoms. The topological polar surface area (TPSA) is 52.9 Å². The lowest BCUT2D eigenvalue weighted by atomic mass is 9.99. The SMILES string of the molecule is CC1C(=O)Nc2c(F)cc(CC#N)cc21. The third kappa shape index (κ3) is 1.46. The molecule has 1 aromatic carbocycles. The van der Waals surface area contributed by atoms with Gasteiger partial charge < -0.3 is 5.32 Å². The van der Waals surface area contributed by atoms with Gasteiger partial charge in [0.25, 0.3) is 0 Å².